The summed E-state index contributed by atoms with van der Waals surface area (Å²) in [5.74, 6) is -0.0792. The molecule has 4 fully saturated rings. The van der Waals surface area contributed by atoms with E-state index in [0.29, 0.717) is 60.2 Å². The minimum Gasteiger partial charge on any atom is -0.381 e. The molecule has 3 aromatic rings. The number of piperidine rings is 1. The van der Waals surface area contributed by atoms with Crippen molar-refractivity contribution in [2.24, 2.45) is 11.8 Å². The number of hydrogen-bond donors (Lipinski definition) is 2. The van der Waals surface area contributed by atoms with Gasteiger partial charge in [0, 0.05) is 42.8 Å². The summed E-state index contributed by atoms with van der Waals surface area (Å²) in [5.41, 5.74) is 2.63. The Bertz CT molecular complexity index is 1680. The monoisotopic (exact) mass is 583 g/mol. The van der Waals surface area contributed by atoms with Gasteiger partial charge in [0.1, 0.15) is 28.9 Å². The van der Waals surface area contributed by atoms with E-state index in [0.717, 1.165) is 37.7 Å². The number of likely N-dealkylation sites (tertiary alicyclic amines) is 1. The van der Waals surface area contributed by atoms with E-state index in [1.54, 1.807) is 28.0 Å². The molecule has 222 valence electrons. The van der Waals surface area contributed by atoms with Gasteiger partial charge < -0.3 is 15.0 Å². The molecule has 1 aromatic carbocycles. The number of carbonyl (C=O) groups excluding carboxylic acids is 3. The van der Waals surface area contributed by atoms with Gasteiger partial charge in [-0.15, -0.1) is 0 Å². The lowest BCUT2D eigenvalue weighted by Gasteiger charge is -2.39. The highest BCUT2D eigenvalue weighted by Crippen LogP contribution is 2.53. The van der Waals surface area contributed by atoms with Gasteiger partial charge in [-0.1, -0.05) is 0 Å². The number of H-pyrrole nitrogens is 1. The number of ether oxygens (including phenoxy) is 1. The van der Waals surface area contributed by atoms with Crippen LogP contribution in [0.1, 0.15) is 83.8 Å². The predicted molar refractivity (Wildman–Crippen MR) is 152 cm³/mol. The number of hydrogen-bond acceptors (Lipinski definition) is 8. The average Bonchev–Trinajstić information content (AvgIpc) is 3.88. The van der Waals surface area contributed by atoms with Crippen molar-refractivity contribution in [1.82, 2.24) is 35.4 Å². The fourth-order valence-electron chi connectivity index (χ4n) is 7.56. The number of anilines is 1. The second-order valence-corrected chi connectivity index (χ2v) is 12.5. The zero-order valence-corrected chi connectivity index (χ0v) is 23.9. The van der Waals surface area contributed by atoms with Crippen molar-refractivity contribution in [2.75, 3.05) is 24.7 Å². The summed E-state index contributed by atoms with van der Waals surface area (Å²) in [6.07, 6.45) is 4.84. The van der Waals surface area contributed by atoms with E-state index < -0.39 is 18.0 Å². The fraction of sp³-hybridized carbons (Fsp3) is 0.567. The number of nitrogens with one attached hydrogen (secondary N) is 2. The molecule has 0 unspecified atom stereocenters. The van der Waals surface area contributed by atoms with Crippen LogP contribution in [-0.2, 0) is 9.53 Å². The summed E-state index contributed by atoms with van der Waals surface area (Å²) >= 11 is 0. The van der Waals surface area contributed by atoms with Crippen LogP contribution in [0.25, 0.3) is 11.0 Å². The summed E-state index contributed by atoms with van der Waals surface area (Å²) in [6, 6.07) is 6.07. The molecule has 5 atom stereocenters. The first-order valence-corrected chi connectivity index (χ1v) is 15.3. The lowest BCUT2D eigenvalue weighted by atomic mass is 9.82. The van der Waals surface area contributed by atoms with Crippen LogP contribution in [-0.4, -0.2) is 85.7 Å². The van der Waals surface area contributed by atoms with Gasteiger partial charge in [-0.25, -0.2) is 4.68 Å². The van der Waals surface area contributed by atoms with Crippen molar-refractivity contribution in [3.63, 3.8) is 0 Å². The Labute approximate surface area is 247 Å². The summed E-state index contributed by atoms with van der Waals surface area (Å²) in [7, 11) is 0. The van der Waals surface area contributed by atoms with E-state index >= 15 is 0 Å². The molecule has 5 heterocycles. The number of nitrogens with zero attached hydrogens (tertiary/aromatic N) is 7. The molecule has 0 radical (unpaired) electrons. The van der Waals surface area contributed by atoms with Crippen LogP contribution < -0.4 is 10.2 Å². The summed E-state index contributed by atoms with van der Waals surface area (Å²) in [4.78, 5) is 45.8. The van der Waals surface area contributed by atoms with Gasteiger partial charge in [0.25, 0.3) is 17.7 Å². The second kappa shape index (κ2) is 9.87. The molecule has 8 rings (SSSR count). The molecule has 13 nitrogen and oxygen atoms in total. The second-order valence-electron chi connectivity index (χ2n) is 12.5. The molecular formula is C30H33N9O4. The standard InChI is InChI=1S/C30H33N9O4/c1-2-37-28-24(23(15-3-4-15)25(29(37)41)32-27(40)16-5-6-20-21(12-16)34-36-33-20)26(35-39(28)18-7-9-43-10-8-18)30(42)38-19(14-31)11-17-13-22(17)38/h5-6,12,15,17-19,22-23,25H,2-4,7-11,13H2,1H3,(H,32,40)(H,33,34,36)/t17-,19-,22+,23-,25-/m0/s1. The lowest BCUT2D eigenvalue weighted by Crippen LogP contribution is -2.56. The zero-order valence-electron chi connectivity index (χ0n) is 23.9. The number of aromatic nitrogens is 5. The number of amides is 3. The first kappa shape index (κ1) is 26.3. The van der Waals surface area contributed by atoms with E-state index in [4.69, 9.17) is 9.84 Å². The van der Waals surface area contributed by atoms with Crippen LogP contribution in [0.15, 0.2) is 18.2 Å². The van der Waals surface area contributed by atoms with Crippen LogP contribution in [0, 0.1) is 23.2 Å². The van der Waals surface area contributed by atoms with Gasteiger partial charge in [-0.3, -0.25) is 19.3 Å². The topological polar surface area (TPSA) is 162 Å². The van der Waals surface area contributed by atoms with Gasteiger partial charge >= 0.3 is 0 Å². The van der Waals surface area contributed by atoms with Crippen LogP contribution in [0.4, 0.5) is 5.82 Å². The van der Waals surface area contributed by atoms with E-state index in [-0.39, 0.29) is 35.7 Å². The molecule has 43 heavy (non-hydrogen) atoms. The normalized spacial score (nSPS) is 28.5. The van der Waals surface area contributed by atoms with Crippen LogP contribution in [0.3, 0.4) is 0 Å². The van der Waals surface area contributed by atoms with Crippen LogP contribution in [0.2, 0.25) is 0 Å². The number of fused-ring (bicyclic) bond motifs is 3. The Morgan fingerprint density at radius 2 is 1.91 bits per heavy atom. The van der Waals surface area contributed by atoms with Crippen molar-refractivity contribution in [3.05, 3.63) is 35.0 Å². The van der Waals surface area contributed by atoms with Crippen molar-refractivity contribution >= 4 is 34.6 Å². The highest BCUT2D eigenvalue weighted by Gasteiger charge is 2.57. The number of nitriles is 1. The summed E-state index contributed by atoms with van der Waals surface area (Å²) < 4.78 is 7.52. The first-order chi connectivity index (χ1) is 21.0. The van der Waals surface area contributed by atoms with Crippen molar-refractivity contribution in [2.45, 2.75) is 75.5 Å². The molecule has 0 bridgehead atoms. The summed E-state index contributed by atoms with van der Waals surface area (Å²) in [6.45, 7) is 3.42. The van der Waals surface area contributed by atoms with Crippen molar-refractivity contribution in [1.29, 1.82) is 5.26 Å². The molecular weight excluding hydrogens is 550 g/mol. The minimum absolute atomic E-state index is 0.0231. The maximum absolute atomic E-state index is 14.4. The molecule has 3 amide bonds. The van der Waals surface area contributed by atoms with E-state index in [1.165, 1.54) is 0 Å². The fourth-order valence-corrected chi connectivity index (χ4v) is 7.56. The van der Waals surface area contributed by atoms with Gasteiger partial charge in [0.2, 0.25) is 0 Å². The van der Waals surface area contributed by atoms with E-state index in [2.05, 4.69) is 26.8 Å². The van der Waals surface area contributed by atoms with Crippen molar-refractivity contribution < 1.29 is 19.1 Å². The maximum atomic E-state index is 14.4. The quantitative estimate of drug-likeness (QED) is 0.447. The van der Waals surface area contributed by atoms with Gasteiger partial charge in [-0.05, 0) is 75.5 Å². The van der Waals surface area contributed by atoms with Gasteiger partial charge in [0.15, 0.2) is 5.69 Å². The molecule has 2 aliphatic carbocycles. The molecule has 2 saturated heterocycles. The Kier molecular flexibility index (Phi) is 6.04. The number of carbonyl (C=O) groups is 3. The third kappa shape index (κ3) is 4.14. The molecule has 3 aliphatic heterocycles. The van der Waals surface area contributed by atoms with E-state index in [9.17, 15) is 19.6 Å². The number of rotatable bonds is 6. The molecule has 5 aliphatic rings. The van der Waals surface area contributed by atoms with Gasteiger partial charge in [-0.2, -0.15) is 25.8 Å². The average molecular weight is 584 g/mol. The van der Waals surface area contributed by atoms with Gasteiger partial charge in [0.05, 0.1) is 12.1 Å². The van der Waals surface area contributed by atoms with Crippen molar-refractivity contribution in [3.8, 4) is 6.07 Å². The highest BCUT2D eigenvalue weighted by atomic mass is 16.5. The van der Waals surface area contributed by atoms with Crippen LogP contribution >= 0.6 is 0 Å². The van der Waals surface area contributed by atoms with E-state index in [1.807, 2.05) is 11.6 Å². The predicted octanol–water partition coefficient (Wildman–Crippen LogP) is 2.29. The Morgan fingerprint density at radius 3 is 2.65 bits per heavy atom. The molecule has 2 aromatic heterocycles. The lowest BCUT2D eigenvalue weighted by molar-refractivity contribution is -0.121. The Balaban J connectivity index is 1.24. The number of aromatic amines is 1. The highest BCUT2D eigenvalue weighted by molar-refractivity contribution is 6.07. The largest absolute Gasteiger partial charge is 0.381 e. The summed E-state index contributed by atoms with van der Waals surface area (Å²) in [5, 5.41) is 28.7. The number of benzene rings is 1. The molecule has 2 N–H and O–H groups in total. The third-order valence-corrected chi connectivity index (χ3v) is 9.94. The Hall–Kier alpha value is -4.31. The molecule has 2 saturated carbocycles. The Morgan fingerprint density at radius 1 is 1.12 bits per heavy atom. The smallest absolute Gasteiger partial charge is 0.276 e. The first-order valence-electron chi connectivity index (χ1n) is 15.3. The number of likely N-dealkylation sites (N-methyl/N-ethyl adjacent to an activating group) is 1. The minimum atomic E-state index is -0.863. The SMILES string of the molecule is CCN1C(=O)[C@@H](NC(=O)c2ccc3n[nH]nc3c2)[C@@H](C2CC2)c2c(C(=O)N3[C@H](C#N)C[C@H]4C[C@H]43)nn(C3CCOCC3)c21. The zero-order chi connectivity index (χ0) is 29.4. The van der Waals surface area contributed by atoms with Crippen LogP contribution in [0.5, 0.6) is 0 Å². The third-order valence-electron chi connectivity index (χ3n) is 9.94. The molecule has 0 spiro atoms. The molecule has 13 heteroatoms. The maximum Gasteiger partial charge on any atom is 0.276 e.